The Kier molecular flexibility index (Phi) is 3.84. The first kappa shape index (κ1) is 15.8. The van der Waals surface area contributed by atoms with Gasteiger partial charge in [0.05, 0.1) is 5.56 Å². The lowest BCUT2D eigenvalue weighted by molar-refractivity contribution is -0.137. The summed E-state index contributed by atoms with van der Waals surface area (Å²) < 4.78 is 37.9. The minimum absolute atomic E-state index is 0.573. The van der Waals surface area contributed by atoms with E-state index in [1.807, 2.05) is 0 Å². The van der Waals surface area contributed by atoms with E-state index >= 15 is 0 Å². The minimum atomic E-state index is -4.37. The smallest absolute Gasteiger partial charge is 0.366 e. The minimum Gasteiger partial charge on any atom is -0.366 e. The number of H-pyrrole nitrogens is 1. The first-order valence-electron chi connectivity index (χ1n) is 6.97. The van der Waals surface area contributed by atoms with E-state index in [0.717, 1.165) is 17.5 Å². The molecule has 0 atom stereocenters. The number of aromatic amines is 1. The number of alkyl halides is 3. The Bertz CT molecular complexity index is 924. The van der Waals surface area contributed by atoms with Crippen LogP contribution in [0.1, 0.15) is 11.1 Å². The third-order valence-corrected chi connectivity index (χ3v) is 3.54. The predicted molar refractivity (Wildman–Crippen MR) is 84.8 cm³/mol. The fourth-order valence-electron chi connectivity index (χ4n) is 2.34. The van der Waals surface area contributed by atoms with Crippen LogP contribution in [-0.2, 0) is 11.0 Å². The third kappa shape index (κ3) is 3.15. The molecule has 2 heterocycles. The van der Waals surface area contributed by atoms with Gasteiger partial charge in [-0.25, -0.2) is 4.98 Å². The SMILES string of the molecule is NC(=O)/C=C/c1c[nH]c2ncc(-c3ccc(C(F)(F)F)cc3)cc12. The number of pyridine rings is 1. The zero-order valence-electron chi connectivity index (χ0n) is 12.3. The summed E-state index contributed by atoms with van der Waals surface area (Å²) in [6, 6.07) is 6.66. The van der Waals surface area contributed by atoms with Gasteiger partial charge in [-0.1, -0.05) is 12.1 Å². The van der Waals surface area contributed by atoms with Gasteiger partial charge < -0.3 is 10.7 Å². The molecular formula is C17H12F3N3O. The van der Waals surface area contributed by atoms with Crippen LogP contribution in [0.2, 0.25) is 0 Å². The van der Waals surface area contributed by atoms with Crippen molar-refractivity contribution in [1.82, 2.24) is 9.97 Å². The third-order valence-electron chi connectivity index (χ3n) is 3.54. The van der Waals surface area contributed by atoms with Crippen molar-refractivity contribution in [3.63, 3.8) is 0 Å². The molecule has 0 spiro atoms. The summed E-state index contributed by atoms with van der Waals surface area (Å²) in [4.78, 5) is 18.1. The number of nitrogens with one attached hydrogen (secondary N) is 1. The van der Waals surface area contributed by atoms with E-state index in [1.54, 1.807) is 24.5 Å². The molecule has 0 aliphatic rings. The van der Waals surface area contributed by atoms with E-state index in [-0.39, 0.29) is 0 Å². The average molecular weight is 331 g/mol. The highest BCUT2D eigenvalue weighted by Gasteiger charge is 2.29. The lowest BCUT2D eigenvalue weighted by atomic mass is 10.0. The number of primary amides is 1. The number of halogens is 3. The second-order valence-electron chi connectivity index (χ2n) is 5.17. The van der Waals surface area contributed by atoms with Gasteiger partial charge in [0.25, 0.3) is 0 Å². The Morgan fingerprint density at radius 1 is 1.17 bits per heavy atom. The van der Waals surface area contributed by atoms with Crippen molar-refractivity contribution >= 4 is 23.0 Å². The maximum absolute atomic E-state index is 12.6. The summed E-state index contributed by atoms with van der Waals surface area (Å²) in [7, 11) is 0. The molecule has 0 saturated carbocycles. The molecule has 4 nitrogen and oxygen atoms in total. The van der Waals surface area contributed by atoms with Crippen LogP contribution in [0.4, 0.5) is 13.2 Å². The molecule has 1 aromatic carbocycles. The molecule has 0 aliphatic heterocycles. The van der Waals surface area contributed by atoms with Gasteiger partial charge in [-0.15, -0.1) is 0 Å². The van der Waals surface area contributed by atoms with Gasteiger partial charge in [0.1, 0.15) is 5.65 Å². The number of rotatable bonds is 3. The maximum atomic E-state index is 12.6. The highest BCUT2D eigenvalue weighted by atomic mass is 19.4. The number of carbonyl (C=O) groups excluding carboxylic acids is 1. The van der Waals surface area contributed by atoms with Crippen LogP contribution >= 0.6 is 0 Å². The van der Waals surface area contributed by atoms with Gasteiger partial charge in [-0.05, 0) is 29.8 Å². The summed E-state index contributed by atoms with van der Waals surface area (Å²) in [6.07, 6.45) is 1.66. The highest BCUT2D eigenvalue weighted by Crippen LogP contribution is 2.31. The number of fused-ring (bicyclic) bond motifs is 1. The first-order chi connectivity index (χ1) is 11.3. The molecular weight excluding hydrogens is 319 g/mol. The maximum Gasteiger partial charge on any atom is 0.416 e. The molecule has 0 fully saturated rings. The van der Waals surface area contributed by atoms with Crippen LogP contribution in [0.25, 0.3) is 28.2 Å². The van der Waals surface area contributed by atoms with E-state index in [4.69, 9.17) is 5.73 Å². The van der Waals surface area contributed by atoms with Gasteiger partial charge in [0.2, 0.25) is 5.91 Å². The molecule has 3 rings (SSSR count). The Morgan fingerprint density at radius 2 is 1.88 bits per heavy atom. The number of benzene rings is 1. The Labute approximate surface area is 134 Å². The van der Waals surface area contributed by atoms with Crippen molar-refractivity contribution in [3.05, 3.63) is 59.9 Å². The van der Waals surface area contributed by atoms with Crippen molar-refractivity contribution in [2.75, 3.05) is 0 Å². The fraction of sp³-hybridized carbons (Fsp3) is 0.0588. The molecule has 24 heavy (non-hydrogen) atoms. The van der Waals surface area contributed by atoms with Crippen LogP contribution < -0.4 is 5.73 Å². The molecule has 0 radical (unpaired) electrons. The molecule has 3 aromatic rings. The van der Waals surface area contributed by atoms with Crippen LogP contribution in [0, 0.1) is 0 Å². The van der Waals surface area contributed by atoms with E-state index in [0.29, 0.717) is 22.3 Å². The monoisotopic (exact) mass is 331 g/mol. The van der Waals surface area contributed by atoms with Crippen molar-refractivity contribution in [3.8, 4) is 11.1 Å². The van der Waals surface area contributed by atoms with Gasteiger partial charge >= 0.3 is 6.18 Å². The van der Waals surface area contributed by atoms with Gasteiger partial charge in [0.15, 0.2) is 0 Å². The highest BCUT2D eigenvalue weighted by molar-refractivity contribution is 5.95. The number of hydrogen-bond donors (Lipinski definition) is 2. The summed E-state index contributed by atoms with van der Waals surface area (Å²) >= 11 is 0. The second-order valence-corrected chi connectivity index (χ2v) is 5.17. The molecule has 0 aliphatic carbocycles. The van der Waals surface area contributed by atoms with Gasteiger partial charge in [-0.3, -0.25) is 4.79 Å². The predicted octanol–water partition coefficient (Wildman–Crippen LogP) is 3.75. The van der Waals surface area contributed by atoms with Crippen molar-refractivity contribution in [1.29, 1.82) is 0 Å². The van der Waals surface area contributed by atoms with Crippen molar-refractivity contribution < 1.29 is 18.0 Å². The lowest BCUT2D eigenvalue weighted by Crippen LogP contribution is -2.04. The molecule has 0 bridgehead atoms. The number of nitrogens with zero attached hydrogens (tertiary/aromatic N) is 1. The first-order valence-corrected chi connectivity index (χ1v) is 6.97. The van der Waals surface area contributed by atoms with Crippen LogP contribution in [0.3, 0.4) is 0 Å². The van der Waals surface area contributed by atoms with E-state index < -0.39 is 17.6 Å². The largest absolute Gasteiger partial charge is 0.416 e. The number of carbonyl (C=O) groups is 1. The Balaban J connectivity index is 2.01. The van der Waals surface area contributed by atoms with Crippen LogP contribution in [0.5, 0.6) is 0 Å². The zero-order valence-corrected chi connectivity index (χ0v) is 12.3. The summed E-state index contributed by atoms with van der Waals surface area (Å²) in [6.45, 7) is 0. The second kappa shape index (κ2) is 5.84. The summed E-state index contributed by atoms with van der Waals surface area (Å²) in [5.41, 5.74) is 6.98. The molecule has 0 unspecified atom stereocenters. The normalized spacial score (nSPS) is 12.1. The standard InChI is InChI=1S/C17H12F3N3O/c18-17(19,20)13-4-1-10(2-5-13)12-7-14-11(3-6-15(21)24)8-22-16(14)23-9-12/h1-9H,(H2,21,24)(H,22,23)/b6-3+. The molecule has 3 N–H and O–H groups in total. The molecule has 2 aromatic heterocycles. The molecule has 1 amide bonds. The van der Waals surface area contributed by atoms with Crippen molar-refractivity contribution in [2.45, 2.75) is 6.18 Å². The number of hydrogen-bond acceptors (Lipinski definition) is 2. The fourth-order valence-corrected chi connectivity index (χ4v) is 2.34. The molecule has 122 valence electrons. The quantitative estimate of drug-likeness (QED) is 0.718. The number of nitrogens with two attached hydrogens (primary N) is 1. The van der Waals surface area contributed by atoms with Gasteiger partial charge in [0, 0.05) is 35.0 Å². The summed E-state index contributed by atoms with van der Waals surface area (Å²) in [5, 5.41) is 0.741. The van der Waals surface area contributed by atoms with E-state index in [2.05, 4.69) is 9.97 Å². The van der Waals surface area contributed by atoms with Crippen LogP contribution in [0.15, 0.2) is 48.8 Å². The molecule has 7 heteroatoms. The van der Waals surface area contributed by atoms with E-state index in [9.17, 15) is 18.0 Å². The number of amides is 1. The molecule has 0 saturated heterocycles. The average Bonchev–Trinajstić information content (AvgIpc) is 2.94. The van der Waals surface area contributed by atoms with Gasteiger partial charge in [-0.2, -0.15) is 13.2 Å². The van der Waals surface area contributed by atoms with E-state index in [1.165, 1.54) is 18.2 Å². The topological polar surface area (TPSA) is 71.8 Å². The summed E-state index contributed by atoms with van der Waals surface area (Å²) in [5.74, 6) is -0.573. The Morgan fingerprint density at radius 3 is 2.50 bits per heavy atom. The Hall–Kier alpha value is -3.09. The zero-order chi connectivity index (χ0) is 17.3. The van der Waals surface area contributed by atoms with Crippen LogP contribution in [-0.4, -0.2) is 15.9 Å². The lowest BCUT2D eigenvalue weighted by Gasteiger charge is -2.07. The number of aromatic nitrogens is 2. The van der Waals surface area contributed by atoms with Crippen molar-refractivity contribution in [2.24, 2.45) is 5.73 Å².